The van der Waals surface area contributed by atoms with Crippen LogP contribution in [0.3, 0.4) is 0 Å². The third-order valence-electron chi connectivity index (χ3n) is 4.01. The van der Waals surface area contributed by atoms with Crippen LogP contribution < -0.4 is 15.9 Å². The number of carbonyl (C=O) groups excluding carboxylic acids is 1. The number of nitrogens with one attached hydrogen (secondary N) is 1. The molecule has 0 saturated heterocycles. The zero-order valence-electron chi connectivity index (χ0n) is 15.5. The quantitative estimate of drug-likeness (QED) is 0.304. The van der Waals surface area contributed by atoms with Gasteiger partial charge in [0.25, 0.3) is 5.91 Å². The molecule has 0 unspecified atom stereocenters. The number of nitrogens with two attached hydrogens (primary N) is 1. The number of benzene rings is 2. The summed E-state index contributed by atoms with van der Waals surface area (Å²) in [7, 11) is 0. The van der Waals surface area contributed by atoms with Gasteiger partial charge in [-0.2, -0.15) is 5.10 Å². The number of rotatable bonds is 9. The molecule has 5 nitrogen and oxygen atoms in total. The maximum Gasteiger partial charge on any atom is 0.271 e. The number of amides is 1. The highest BCUT2D eigenvalue weighted by molar-refractivity contribution is 6.01. The van der Waals surface area contributed by atoms with E-state index in [4.69, 9.17) is 10.5 Å². The van der Waals surface area contributed by atoms with E-state index in [-0.39, 0.29) is 5.91 Å². The number of hydrogen-bond acceptors (Lipinski definition) is 4. The summed E-state index contributed by atoms with van der Waals surface area (Å²) in [5.41, 5.74) is 11.1. The molecule has 26 heavy (non-hydrogen) atoms. The van der Waals surface area contributed by atoms with Crippen LogP contribution in [0.2, 0.25) is 0 Å². The first-order chi connectivity index (χ1) is 12.6. The first-order valence-corrected chi connectivity index (χ1v) is 9.03. The molecule has 0 aliphatic heterocycles. The fourth-order valence-electron chi connectivity index (χ4n) is 2.45. The SMILES string of the molecule is CCCCCCOc1ccc(C(=O)NN=C(C)c2cccc(N)c2)cc1. The predicted octanol–water partition coefficient (Wildman–Crippen LogP) is 4.38. The summed E-state index contributed by atoms with van der Waals surface area (Å²) in [6.07, 6.45) is 4.68. The highest BCUT2D eigenvalue weighted by Gasteiger charge is 2.06. The zero-order valence-corrected chi connectivity index (χ0v) is 15.5. The fourth-order valence-corrected chi connectivity index (χ4v) is 2.45. The zero-order chi connectivity index (χ0) is 18.8. The Hall–Kier alpha value is -2.82. The second kappa shape index (κ2) is 10.2. The molecular formula is C21H27N3O2. The maximum absolute atomic E-state index is 12.2. The molecule has 0 aliphatic rings. The largest absolute Gasteiger partial charge is 0.494 e. The van der Waals surface area contributed by atoms with E-state index in [0.717, 1.165) is 17.7 Å². The molecule has 0 aromatic heterocycles. The van der Waals surface area contributed by atoms with Crippen LogP contribution in [0.1, 0.15) is 55.5 Å². The van der Waals surface area contributed by atoms with Crippen molar-refractivity contribution in [3.8, 4) is 5.75 Å². The molecule has 0 saturated carbocycles. The van der Waals surface area contributed by atoms with Gasteiger partial charge >= 0.3 is 0 Å². The highest BCUT2D eigenvalue weighted by Crippen LogP contribution is 2.13. The van der Waals surface area contributed by atoms with E-state index in [1.165, 1.54) is 19.3 Å². The second-order valence-electron chi connectivity index (χ2n) is 6.20. The molecule has 0 spiro atoms. The van der Waals surface area contributed by atoms with E-state index in [0.29, 0.717) is 23.6 Å². The summed E-state index contributed by atoms with van der Waals surface area (Å²) < 4.78 is 5.68. The number of unbranched alkanes of at least 4 members (excludes halogenated alkanes) is 3. The Balaban J connectivity index is 1.86. The summed E-state index contributed by atoms with van der Waals surface area (Å²) in [5.74, 6) is 0.514. The number of nitrogen functional groups attached to an aromatic ring is 1. The minimum atomic E-state index is -0.261. The summed E-state index contributed by atoms with van der Waals surface area (Å²) in [6, 6.07) is 14.5. The van der Waals surface area contributed by atoms with Crippen molar-refractivity contribution in [2.24, 2.45) is 5.10 Å². The molecule has 0 radical (unpaired) electrons. The summed E-state index contributed by atoms with van der Waals surface area (Å²) >= 11 is 0. The lowest BCUT2D eigenvalue weighted by atomic mass is 10.1. The van der Waals surface area contributed by atoms with Crippen molar-refractivity contribution in [2.75, 3.05) is 12.3 Å². The summed E-state index contributed by atoms with van der Waals surface area (Å²) in [5, 5.41) is 4.14. The topological polar surface area (TPSA) is 76.7 Å². The van der Waals surface area contributed by atoms with Crippen LogP contribution >= 0.6 is 0 Å². The minimum absolute atomic E-state index is 0.261. The molecule has 0 atom stereocenters. The van der Waals surface area contributed by atoms with Crippen molar-refractivity contribution in [3.05, 3.63) is 59.7 Å². The number of ether oxygens (including phenoxy) is 1. The van der Waals surface area contributed by atoms with E-state index in [1.807, 2.05) is 43.3 Å². The molecule has 3 N–H and O–H groups in total. The van der Waals surface area contributed by atoms with Crippen LogP contribution in [-0.2, 0) is 0 Å². The molecule has 138 valence electrons. The van der Waals surface area contributed by atoms with E-state index in [1.54, 1.807) is 12.1 Å². The Kier molecular flexibility index (Phi) is 7.68. The molecule has 0 fully saturated rings. The molecule has 2 aromatic rings. The minimum Gasteiger partial charge on any atom is -0.494 e. The molecule has 1 amide bonds. The van der Waals surface area contributed by atoms with Gasteiger partial charge < -0.3 is 10.5 Å². The van der Waals surface area contributed by atoms with Gasteiger partial charge in [-0.15, -0.1) is 0 Å². The molecule has 2 rings (SSSR count). The third kappa shape index (κ3) is 6.24. The smallest absolute Gasteiger partial charge is 0.271 e. The van der Waals surface area contributed by atoms with Crippen molar-refractivity contribution in [1.82, 2.24) is 5.43 Å². The standard InChI is InChI=1S/C21H27N3O2/c1-3-4-5-6-14-26-20-12-10-17(11-13-20)21(25)24-23-16(2)18-8-7-9-19(22)15-18/h7-13,15H,3-6,14,22H2,1-2H3,(H,24,25). The van der Waals surface area contributed by atoms with Gasteiger partial charge in [-0.1, -0.05) is 38.3 Å². The van der Waals surface area contributed by atoms with Gasteiger partial charge in [0.2, 0.25) is 0 Å². The highest BCUT2D eigenvalue weighted by atomic mass is 16.5. The number of hydrogen-bond donors (Lipinski definition) is 2. The molecule has 0 heterocycles. The van der Waals surface area contributed by atoms with Crippen molar-refractivity contribution >= 4 is 17.3 Å². The van der Waals surface area contributed by atoms with Crippen LogP contribution in [0.15, 0.2) is 53.6 Å². The van der Waals surface area contributed by atoms with Gasteiger partial charge in [-0.05, 0) is 55.3 Å². The Morgan fingerprint density at radius 3 is 2.54 bits per heavy atom. The average Bonchev–Trinajstić information content (AvgIpc) is 2.66. The first-order valence-electron chi connectivity index (χ1n) is 9.03. The number of anilines is 1. The van der Waals surface area contributed by atoms with Crippen LogP contribution in [0, 0.1) is 0 Å². The molecule has 0 aliphatic carbocycles. The second-order valence-corrected chi connectivity index (χ2v) is 6.20. The van der Waals surface area contributed by atoms with E-state index in [2.05, 4.69) is 17.5 Å². The normalized spacial score (nSPS) is 11.2. The van der Waals surface area contributed by atoms with Gasteiger partial charge in [-0.25, -0.2) is 5.43 Å². The lowest BCUT2D eigenvalue weighted by Crippen LogP contribution is -2.19. The van der Waals surface area contributed by atoms with Crippen molar-refractivity contribution in [3.63, 3.8) is 0 Å². The maximum atomic E-state index is 12.2. The van der Waals surface area contributed by atoms with Gasteiger partial charge in [-0.3, -0.25) is 4.79 Å². The lowest BCUT2D eigenvalue weighted by molar-refractivity contribution is 0.0955. The van der Waals surface area contributed by atoms with Gasteiger partial charge in [0, 0.05) is 11.3 Å². The van der Waals surface area contributed by atoms with Gasteiger partial charge in [0.1, 0.15) is 5.75 Å². The van der Waals surface area contributed by atoms with Gasteiger partial charge in [0.05, 0.1) is 12.3 Å². The fraction of sp³-hybridized carbons (Fsp3) is 0.333. The van der Waals surface area contributed by atoms with Crippen molar-refractivity contribution in [2.45, 2.75) is 39.5 Å². The lowest BCUT2D eigenvalue weighted by Gasteiger charge is -2.07. The summed E-state index contributed by atoms with van der Waals surface area (Å²) in [6.45, 7) is 4.71. The molecule has 2 aromatic carbocycles. The van der Waals surface area contributed by atoms with Crippen molar-refractivity contribution < 1.29 is 9.53 Å². The molecular weight excluding hydrogens is 326 g/mol. The molecule has 0 bridgehead atoms. The predicted molar refractivity (Wildman–Crippen MR) is 107 cm³/mol. The average molecular weight is 353 g/mol. The van der Waals surface area contributed by atoms with Crippen molar-refractivity contribution in [1.29, 1.82) is 0 Å². The monoisotopic (exact) mass is 353 g/mol. The Labute approximate surface area is 155 Å². The van der Waals surface area contributed by atoms with Crippen LogP contribution in [0.25, 0.3) is 0 Å². The third-order valence-corrected chi connectivity index (χ3v) is 4.01. The number of hydrazone groups is 1. The van der Waals surface area contributed by atoms with E-state index < -0.39 is 0 Å². The van der Waals surface area contributed by atoms with Crippen LogP contribution in [0.5, 0.6) is 5.75 Å². The summed E-state index contributed by atoms with van der Waals surface area (Å²) in [4.78, 5) is 12.2. The van der Waals surface area contributed by atoms with Crippen LogP contribution in [-0.4, -0.2) is 18.2 Å². The first kappa shape index (κ1) is 19.5. The molecule has 5 heteroatoms. The van der Waals surface area contributed by atoms with Crippen LogP contribution in [0.4, 0.5) is 5.69 Å². The Bertz CT molecular complexity index is 739. The van der Waals surface area contributed by atoms with Gasteiger partial charge in [0.15, 0.2) is 0 Å². The Morgan fingerprint density at radius 1 is 1.08 bits per heavy atom. The van der Waals surface area contributed by atoms with E-state index in [9.17, 15) is 4.79 Å². The Morgan fingerprint density at radius 2 is 1.85 bits per heavy atom. The van der Waals surface area contributed by atoms with E-state index >= 15 is 0 Å². The number of nitrogens with zero attached hydrogens (tertiary/aromatic N) is 1. The number of carbonyl (C=O) groups is 1.